The predicted octanol–water partition coefficient (Wildman–Crippen LogP) is 2.60. The number of hydrogen-bond donors (Lipinski definition) is 1. The molecule has 2 atom stereocenters. The molecule has 6 nitrogen and oxygen atoms in total. The second-order valence-corrected chi connectivity index (χ2v) is 5.22. The van der Waals surface area contributed by atoms with E-state index in [2.05, 4.69) is 12.1 Å². The van der Waals surface area contributed by atoms with Crippen LogP contribution in [0.4, 0.5) is 4.39 Å². The Morgan fingerprint density at radius 2 is 2.35 bits per heavy atom. The predicted molar refractivity (Wildman–Crippen MR) is 81.3 cm³/mol. The average Bonchev–Trinajstić information content (AvgIpc) is 2.97. The lowest BCUT2D eigenvalue weighted by Crippen LogP contribution is -2.28. The van der Waals surface area contributed by atoms with Gasteiger partial charge in [0.05, 0.1) is 0 Å². The molecule has 1 N–H and O–H groups in total. The van der Waals surface area contributed by atoms with Crippen LogP contribution < -0.4 is 4.74 Å². The van der Waals surface area contributed by atoms with Gasteiger partial charge in [-0.2, -0.15) is 0 Å². The van der Waals surface area contributed by atoms with Gasteiger partial charge in [-0.3, -0.25) is 0 Å². The molecule has 0 radical (unpaired) electrons. The van der Waals surface area contributed by atoms with Crippen molar-refractivity contribution in [3.63, 3.8) is 0 Å². The van der Waals surface area contributed by atoms with Gasteiger partial charge in [0.15, 0.2) is 6.10 Å². The largest absolute Gasteiger partial charge is 0.479 e. The van der Waals surface area contributed by atoms with Gasteiger partial charge < -0.3 is 19.4 Å². The summed E-state index contributed by atoms with van der Waals surface area (Å²) in [7, 11) is 0. The molecule has 126 valence electrons. The number of carbonyl (C=O) groups is 1. The Hall–Kier alpha value is -2.15. The summed E-state index contributed by atoms with van der Waals surface area (Å²) in [5.74, 6) is -1.35. The zero-order valence-corrected chi connectivity index (χ0v) is 13.1. The van der Waals surface area contributed by atoms with Crippen molar-refractivity contribution < 1.29 is 28.6 Å². The third-order valence-corrected chi connectivity index (χ3v) is 3.38. The van der Waals surface area contributed by atoms with Gasteiger partial charge in [0.1, 0.15) is 30.0 Å². The van der Waals surface area contributed by atoms with E-state index in [1.165, 1.54) is 25.1 Å². The zero-order chi connectivity index (χ0) is 16.8. The first-order valence-electron chi connectivity index (χ1n) is 7.53. The van der Waals surface area contributed by atoms with Crippen molar-refractivity contribution in [3.8, 4) is 5.75 Å². The van der Waals surface area contributed by atoms with E-state index in [0.717, 1.165) is 12.8 Å². The van der Waals surface area contributed by atoms with Crippen molar-refractivity contribution in [2.75, 3.05) is 13.2 Å². The second-order valence-electron chi connectivity index (χ2n) is 5.22. The topological polar surface area (TPSA) is 77.3 Å². The number of benzene rings is 1. The summed E-state index contributed by atoms with van der Waals surface area (Å²) in [6.45, 7) is 4.23. The summed E-state index contributed by atoms with van der Waals surface area (Å²) in [4.78, 5) is 16.0. The van der Waals surface area contributed by atoms with Crippen LogP contribution in [0.15, 0.2) is 23.4 Å². The minimum Gasteiger partial charge on any atom is -0.479 e. The van der Waals surface area contributed by atoms with E-state index in [0.29, 0.717) is 17.9 Å². The normalized spacial score (nSPS) is 18.2. The SMILES string of the molecule is CCCCOC1CON=C1c1cc(F)ccc1O[C@@H](C)C(=O)O. The van der Waals surface area contributed by atoms with E-state index >= 15 is 0 Å². The molecule has 0 amide bonds. The first-order valence-corrected chi connectivity index (χ1v) is 7.53. The summed E-state index contributed by atoms with van der Waals surface area (Å²) < 4.78 is 24.7. The maximum Gasteiger partial charge on any atom is 0.344 e. The molecule has 23 heavy (non-hydrogen) atoms. The minimum atomic E-state index is -1.11. The van der Waals surface area contributed by atoms with Crippen molar-refractivity contribution >= 4 is 11.7 Å². The molecule has 1 unspecified atom stereocenters. The maximum atomic E-state index is 13.6. The fourth-order valence-corrected chi connectivity index (χ4v) is 2.08. The quantitative estimate of drug-likeness (QED) is 0.743. The van der Waals surface area contributed by atoms with Crippen molar-refractivity contribution in [1.82, 2.24) is 0 Å². The number of ether oxygens (including phenoxy) is 2. The molecule has 2 rings (SSSR count). The second kappa shape index (κ2) is 7.92. The summed E-state index contributed by atoms with van der Waals surface area (Å²) in [6.07, 6.45) is 0.393. The lowest BCUT2D eigenvalue weighted by atomic mass is 10.0. The van der Waals surface area contributed by atoms with Crippen molar-refractivity contribution in [2.24, 2.45) is 5.16 Å². The number of aliphatic carboxylic acids is 1. The Balaban J connectivity index is 2.22. The molecular formula is C16H20FNO5. The van der Waals surface area contributed by atoms with Crippen molar-refractivity contribution in [2.45, 2.75) is 38.9 Å². The van der Waals surface area contributed by atoms with Gasteiger partial charge in [-0.05, 0) is 31.5 Å². The number of halogens is 1. The van der Waals surface area contributed by atoms with Crippen LogP contribution in [-0.4, -0.2) is 42.2 Å². The maximum absolute atomic E-state index is 13.6. The summed E-state index contributed by atoms with van der Waals surface area (Å²) >= 11 is 0. The summed E-state index contributed by atoms with van der Waals surface area (Å²) in [5, 5.41) is 12.9. The highest BCUT2D eigenvalue weighted by molar-refractivity contribution is 6.06. The molecule has 0 fully saturated rings. The van der Waals surface area contributed by atoms with Crippen LogP contribution in [0, 0.1) is 5.82 Å². The highest BCUT2D eigenvalue weighted by Gasteiger charge is 2.29. The van der Waals surface area contributed by atoms with Crippen LogP contribution >= 0.6 is 0 Å². The van der Waals surface area contributed by atoms with Gasteiger partial charge in [0.2, 0.25) is 0 Å². The Kier molecular flexibility index (Phi) is 5.92. The summed E-state index contributed by atoms with van der Waals surface area (Å²) in [6, 6.07) is 3.83. The molecular weight excluding hydrogens is 305 g/mol. The summed E-state index contributed by atoms with van der Waals surface area (Å²) in [5.41, 5.74) is 0.755. The van der Waals surface area contributed by atoms with E-state index < -0.39 is 24.0 Å². The molecule has 0 spiro atoms. The zero-order valence-electron chi connectivity index (χ0n) is 13.1. The Morgan fingerprint density at radius 1 is 1.57 bits per heavy atom. The fourth-order valence-electron chi connectivity index (χ4n) is 2.08. The van der Waals surface area contributed by atoms with E-state index in [4.69, 9.17) is 19.4 Å². The van der Waals surface area contributed by atoms with Crippen molar-refractivity contribution in [3.05, 3.63) is 29.6 Å². The van der Waals surface area contributed by atoms with E-state index in [1.54, 1.807) is 0 Å². The van der Waals surface area contributed by atoms with Crippen LogP contribution in [-0.2, 0) is 14.4 Å². The molecule has 1 aromatic carbocycles. The highest BCUT2D eigenvalue weighted by atomic mass is 19.1. The first-order chi connectivity index (χ1) is 11.0. The molecule has 0 aliphatic carbocycles. The van der Waals surface area contributed by atoms with Gasteiger partial charge in [0, 0.05) is 12.2 Å². The van der Waals surface area contributed by atoms with Crippen LogP contribution in [0.1, 0.15) is 32.3 Å². The smallest absolute Gasteiger partial charge is 0.344 e. The molecule has 1 aliphatic rings. The highest BCUT2D eigenvalue weighted by Crippen LogP contribution is 2.26. The molecule has 7 heteroatoms. The van der Waals surface area contributed by atoms with Gasteiger partial charge >= 0.3 is 5.97 Å². The standard InChI is InChI=1S/C16H20FNO5/c1-3-4-7-21-14-9-22-18-15(14)12-8-11(17)5-6-13(12)23-10(2)16(19)20/h5-6,8,10,14H,3-4,7,9H2,1-2H3,(H,19,20)/t10-,14?/m0/s1. The fraction of sp³-hybridized carbons (Fsp3) is 0.500. The van der Waals surface area contributed by atoms with Crippen LogP contribution in [0.25, 0.3) is 0 Å². The van der Waals surface area contributed by atoms with Gasteiger partial charge in [-0.15, -0.1) is 0 Å². The van der Waals surface area contributed by atoms with Gasteiger partial charge in [-0.1, -0.05) is 18.5 Å². The van der Waals surface area contributed by atoms with Crippen LogP contribution in [0.5, 0.6) is 5.75 Å². The molecule has 1 aliphatic heterocycles. The van der Waals surface area contributed by atoms with Gasteiger partial charge in [0.25, 0.3) is 0 Å². The first kappa shape index (κ1) is 17.2. The monoisotopic (exact) mass is 325 g/mol. The lowest BCUT2D eigenvalue weighted by molar-refractivity contribution is -0.144. The molecule has 1 aromatic rings. The molecule has 0 aromatic heterocycles. The Bertz CT molecular complexity index is 590. The molecule has 0 saturated carbocycles. The number of nitrogens with zero attached hydrogens (tertiary/aromatic N) is 1. The average molecular weight is 325 g/mol. The van der Waals surface area contributed by atoms with Gasteiger partial charge in [-0.25, -0.2) is 9.18 Å². The number of carboxylic acids is 1. The minimum absolute atomic E-state index is 0.231. The number of unbranched alkanes of at least 4 members (excludes halogenated alkanes) is 1. The number of rotatable bonds is 8. The van der Waals surface area contributed by atoms with Crippen molar-refractivity contribution in [1.29, 1.82) is 0 Å². The Labute approximate surface area is 133 Å². The van der Waals surface area contributed by atoms with E-state index in [1.807, 2.05) is 0 Å². The van der Waals surface area contributed by atoms with Crippen LogP contribution in [0.2, 0.25) is 0 Å². The Morgan fingerprint density at radius 3 is 3.04 bits per heavy atom. The number of oxime groups is 1. The molecule has 0 bridgehead atoms. The number of hydrogen-bond acceptors (Lipinski definition) is 5. The third-order valence-electron chi connectivity index (χ3n) is 3.38. The van der Waals surface area contributed by atoms with E-state index in [-0.39, 0.29) is 12.4 Å². The van der Waals surface area contributed by atoms with Crippen LogP contribution in [0.3, 0.4) is 0 Å². The molecule has 1 heterocycles. The number of carboxylic acid groups (broad SMARTS) is 1. The lowest BCUT2D eigenvalue weighted by Gasteiger charge is -2.17. The molecule has 0 saturated heterocycles. The van der Waals surface area contributed by atoms with E-state index in [9.17, 15) is 9.18 Å². The third kappa shape index (κ3) is 4.41.